The first-order chi connectivity index (χ1) is 12.8. The summed E-state index contributed by atoms with van der Waals surface area (Å²) < 4.78 is 25.2. The molecule has 5 heteroatoms. The SMILES string of the molecule is CC1(C)OB(c2ccc(C3OC(C)(C)C(C)(C)O3)c3ccccc23)OC1(C)C. The van der Waals surface area contributed by atoms with Crippen LogP contribution in [0.4, 0.5) is 0 Å². The standard InChI is InChI=1S/C23H31BO4/c1-20(2)21(3,4)26-19(25-20)17-13-14-18(16-12-10-9-11-15(16)17)24-27-22(5,6)23(7,8)28-24/h9-14,19H,1-8H3. The van der Waals surface area contributed by atoms with Gasteiger partial charge in [-0.3, -0.25) is 0 Å². The van der Waals surface area contributed by atoms with E-state index in [9.17, 15) is 0 Å². The molecule has 0 atom stereocenters. The summed E-state index contributed by atoms with van der Waals surface area (Å²) in [6.07, 6.45) is -0.401. The van der Waals surface area contributed by atoms with Crippen molar-refractivity contribution in [3.63, 3.8) is 0 Å². The van der Waals surface area contributed by atoms with Crippen molar-refractivity contribution in [2.75, 3.05) is 0 Å². The summed E-state index contributed by atoms with van der Waals surface area (Å²) in [5.41, 5.74) is 0.586. The molecule has 0 N–H and O–H groups in total. The Morgan fingerprint density at radius 1 is 0.643 bits per heavy atom. The number of hydrogen-bond acceptors (Lipinski definition) is 4. The Bertz CT molecular complexity index is 809. The Labute approximate surface area is 168 Å². The third-order valence-corrected chi connectivity index (χ3v) is 7.01. The maximum Gasteiger partial charge on any atom is 0.495 e. The van der Waals surface area contributed by atoms with Crippen molar-refractivity contribution >= 4 is 23.4 Å². The quantitative estimate of drug-likeness (QED) is 0.703. The lowest BCUT2D eigenvalue weighted by Gasteiger charge is -2.32. The van der Waals surface area contributed by atoms with Gasteiger partial charge in [-0.05, 0) is 71.6 Å². The number of rotatable bonds is 2. The van der Waals surface area contributed by atoms with Crippen molar-refractivity contribution in [1.82, 2.24) is 0 Å². The van der Waals surface area contributed by atoms with Crippen LogP contribution in [-0.2, 0) is 18.8 Å². The summed E-state index contributed by atoms with van der Waals surface area (Å²) in [5.74, 6) is 0. The summed E-state index contributed by atoms with van der Waals surface area (Å²) in [6, 6.07) is 12.5. The molecule has 0 aliphatic carbocycles. The molecule has 2 heterocycles. The number of fused-ring (bicyclic) bond motifs is 1. The van der Waals surface area contributed by atoms with E-state index in [2.05, 4.69) is 79.7 Å². The fraction of sp³-hybridized carbons (Fsp3) is 0.565. The van der Waals surface area contributed by atoms with E-state index in [4.69, 9.17) is 18.8 Å². The molecule has 2 aliphatic heterocycles. The van der Waals surface area contributed by atoms with Gasteiger partial charge in [-0.2, -0.15) is 0 Å². The van der Waals surface area contributed by atoms with E-state index >= 15 is 0 Å². The molecule has 0 bridgehead atoms. The van der Waals surface area contributed by atoms with Crippen molar-refractivity contribution in [2.45, 2.75) is 84.1 Å². The van der Waals surface area contributed by atoms with Crippen molar-refractivity contribution < 1.29 is 18.8 Å². The van der Waals surface area contributed by atoms with E-state index in [1.54, 1.807) is 0 Å². The molecular weight excluding hydrogens is 351 g/mol. The molecule has 2 saturated heterocycles. The first-order valence-electron chi connectivity index (χ1n) is 10.1. The predicted molar refractivity (Wildman–Crippen MR) is 113 cm³/mol. The van der Waals surface area contributed by atoms with Gasteiger partial charge < -0.3 is 18.8 Å². The van der Waals surface area contributed by atoms with Crippen molar-refractivity contribution in [2.24, 2.45) is 0 Å². The van der Waals surface area contributed by atoms with E-state index < -0.39 is 13.4 Å². The third kappa shape index (κ3) is 2.91. The van der Waals surface area contributed by atoms with E-state index in [0.717, 1.165) is 21.8 Å². The zero-order valence-electron chi connectivity index (χ0n) is 18.3. The van der Waals surface area contributed by atoms with E-state index in [1.165, 1.54) is 0 Å². The molecular formula is C23H31BO4. The van der Waals surface area contributed by atoms with Crippen molar-refractivity contribution in [1.29, 1.82) is 0 Å². The van der Waals surface area contributed by atoms with Gasteiger partial charge in [0.1, 0.15) is 0 Å². The molecule has 0 spiro atoms. The fourth-order valence-electron chi connectivity index (χ4n) is 3.70. The maximum absolute atomic E-state index is 6.31. The van der Waals surface area contributed by atoms with Crippen LogP contribution in [0.15, 0.2) is 36.4 Å². The molecule has 150 valence electrons. The average molecular weight is 382 g/mol. The molecule has 0 saturated carbocycles. The van der Waals surface area contributed by atoms with E-state index in [1.807, 2.05) is 12.1 Å². The van der Waals surface area contributed by atoms with Crippen LogP contribution in [0, 0.1) is 0 Å². The molecule has 28 heavy (non-hydrogen) atoms. The van der Waals surface area contributed by atoms with Gasteiger partial charge >= 0.3 is 7.12 Å². The Kier molecular flexibility index (Phi) is 4.30. The van der Waals surface area contributed by atoms with Crippen LogP contribution in [0.1, 0.15) is 67.2 Å². The largest absolute Gasteiger partial charge is 0.495 e. The first kappa shape index (κ1) is 19.9. The van der Waals surface area contributed by atoms with Gasteiger partial charge in [-0.1, -0.05) is 36.4 Å². The molecule has 0 radical (unpaired) electrons. The van der Waals surface area contributed by atoms with Crippen LogP contribution in [0.25, 0.3) is 10.8 Å². The highest BCUT2D eigenvalue weighted by molar-refractivity contribution is 6.65. The molecule has 4 rings (SSSR count). The second-order valence-corrected chi connectivity index (χ2v) is 9.97. The highest BCUT2D eigenvalue weighted by Crippen LogP contribution is 2.46. The highest BCUT2D eigenvalue weighted by Gasteiger charge is 2.53. The van der Waals surface area contributed by atoms with E-state index in [-0.39, 0.29) is 22.4 Å². The Hall–Kier alpha value is -1.40. The van der Waals surface area contributed by atoms with Gasteiger partial charge in [0.2, 0.25) is 0 Å². The summed E-state index contributed by atoms with van der Waals surface area (Å²) in [6.45, 7) is 16.6. The van der Waals surface area contributed by atoms with Crippen molar-refractivity contribution in [3.8, 4) is 0 Å². The lowest BCUT2D eigenvalue weighted by atomic mass is 9.75. The summed E-state index contributed by atoms with van der Waals surface area (Å²) in [7, 11) is -0.401. The fourth-order valence-corrected chi connectivity index (χ4v) is 3.70. The Morgan fingerprint density at radius 2 is 1.14 bits per heavy atom. The smallest absolute Gasteiger partial charge is 0.399 e. The van der Waals surface area contributed by atoms with Crippen LogP contribution >= 0.6 is 0 Å². The minimum absolute atomic E-state index is 0.372. The predicted octanol–water partition coefficient (Wildman–Crippen LogP) is 4.74. The highest BCUT2D eigenvalue weighted by atomic mass is 16.7. The Balaban J connectivity index is 1.77. The third-order valence-electron chi connectivity index (χ3n) is 7.01. The van der Waals surface area contributed by atoms with Gasteiger partial charge in [0, 0.05) is 5.56 Å². The normalized spacial score (nSPS) is 25.5. The second-order valence-electron chi connectivity index (χ2n) is 9.97. The van der Waals surface area contributed by atoms with Gasteiger partial charge in [-0.25, -0.2) is 0 Å². The van der Waals surface area contributed by atoms with Crippen molar-refractivity contribution in [3.05, 3.63) is 42.0 Å². The zero-order valence-corrected chi connectivity index (χ0v) is 18.3. The molecule has 0 unspecified atom stereocenters. The van der Waals surface area contributed by atoms with Gasteiger partial charge in [-0.15, -0.1) is 0 Å². The topological polar surface area (TPSA) is 36.9 Å². The number of ether oxygens (including phenoxy) is 2. The second kappa shape index (κ2) is 6.05. The lowest BCUT2D eigenvalue weighted by molar-refractivity contribution is -0.0885. The minimum atomic E-state index is -0.401. The van der Waals surface area contributed by atoms with E-state index in [0.29, 0.717) is 0 Å². The molecule has 2 aromatic rings. The molecule has 2 aromatic carbocycles. The maximum atomic E-state index is 6.31. The first-order valence-corrected chi connectivity index (χ1v) is 10.1. The Morgan fingerprint density at radius 3 is 1.68 bits per heavy atom. The monoisotopic (exact) mass is 382 g/mol. The van der Waals surface area contributed by atoms with Crippen LogP contribution < -0.4 is 5.46 Å². The molecule has 2 fully saturated rings. The van der Waals surface area contributed by atoms with Gasteiger partial charge in [0.05, 0.1) is 22.4 Å². The summed E-state index contributed by atoms with van der Waals surface area (Å²) in [5, 5.41) is 2.21. The summed E-state index contributed by atoms with van der Waals surface area (Å²) >= 11 is 0. The minimum Gasteiger partial charge on any atom is -0.399 e. The van der Waals surface area contributed by atoms with Gasteiger partial charge in [0.25, 0.3) is 0 Å². The summed E-state index contributed by atoms with van der Waals surface area (Å²) in [4.78, 5) is 0. The van der Waals surface area contributed by atoms with Crippen LogP contribution in [0.2, 0.25) is 0 Å². The van der Waals surface area contributed by atoms with Crippen LogP contribution in [0.5, 0.6) is 0 Å². The molecule has 0 aromatic heterocycles. The lowest BCUT2D eigenvalue weighted by Crippen LogP contribution is -2.41. The van der Waals surface area contributed by atoms with Crippen LogP contribution in [-0.4, -0.2) is 29.5 Å². The zero-order chi connectivity index (χ0) is 20.5. The molecule has 2 aliphatic rings. The average Bonchev–Trinajstić information content (AvgIpc) is 2.93. The number of benzene rings is 2. The molecule has 0 amide bonds. The molecule has 4 nitrogen and oxygen atoms in total. The van der Waals surface area contributed by atoms with Gasteiger partial charge in [0.15, 0.2) is 6.29 Å². The number of hydrogen-bond donors (Lipinski definition) is 0. The van der Waals surface area contributed by atoms with Crippen LogP contribution in [0.3, 0.4) is 0 Å².